The Labute approximate surface area is 108 Å². The fourth-order valence-corrected chi connectivity index (χ4v) is 0.757. The average Bonchev–Trinajstić information content (AvgIpc) is 2.21. The fraction of sp³-hybridized carbons (Fsp3) is 0.667. The first-order chi connectivity index (χ1) is 8.81. The molecule has 2 N–H and O–H groups in total. The molecule has 0 aromatic carbocycles. The first kappa shape index (κ1) is 18.5. The van der Waals surface area contributed by atoms with Gasteiger partial charge in [0.1, 0.15) is 0 Å². The standard InChI is InChI=1S/C9H10F6O5/c1-2-19-6(16)3-5(8(10,11)12)20-4-7(17,18)9(13,14)15/h3,17-18H,2,4H2,1H3/b5-3+. The Morgan fingerprint density at radius 2 is 1.60 bits per heavy atom. The van der Waals surface area contributed by atoms with Gasteiger partial charge in [-0.15, -0.1) is 0 Å². The van der Waals surface area contributed by atoms with Gasteiger partial charge in [-0.1, -0.05) is 0 Å². The van der Waals surface area contributed by atoms with Gasteiger partial charge in [-0.2, -0.15) is 26.3 Å². The van der Waals surface area contributed by atoms with Gasteiger partial charge in [0, 0.05) is 0 Å². The molecule has 0 bridgehead atoms. The second-order valence-corrected chi connectivity index (χ2v) is 3.36. The van der Waals surface area contributed by atoms with Gasteiger partial charge in [-0.25, -0.2) is 4.79 Å². The van der Waals surface area contributed by atoms with Crippen LogP contribution in [-0.4, -0.2) is 47.5 Å². The number of carbonyl (C=O) groups excluding carboxylic acids is 1. The quantitative estimate of drug-likeness (QED) is 0.263. The molecule has 0 spiro atoms. The lowest BCUT2D eigenvalue weighted by Crippen LogP contribution is -2.49. The summed E-state index contributed by atoms with van der Waals surface area (Å²) in [5.41, 5.74) is 0. The lowest BCUT2D eigenvalue weighted by atomic mass is 10.3. The zero-order valence-corrected chi connectivity index (χ0v) is 9.88. The van der Waals surface area contributed by atoms with E-state index in [-0.39, 0.29) is 12.7 Å². The molecule has 5 nitrogen and oxygen atoms in total. The highest BCUT2D eigenvalue weighted by molar-refractivity contribution is 5.82. The Balaban J connectivity index is 5.01. The molecule has 0 amide bonds. The first-order valence-corrected chi connectivity index (χ1v) is 4.91. The minimum absolute atomic E-state index is 0.240. The molecule has 0 radical (unpaired) electrons. The summed E-state index contributed by atoms with van der Waals surface area (Å²) in [6.45, 7) is -1.15. The third kappa shape index (κ3) is 5.65. The van der Waals surface area contributed by atoms with Crippen molar-refractivity contribution in [3.63, 3.8) is 0 Å². The topological polar surface area (TPSA) is 76.0 Å². The Morgan fingerprint density at radius 1 is 1.10 bits per heavy atom. The molecular weight excluding hydrogens is 302 g/mol. The SMILES string of the molecule is CCOC(=O)/C=C(/OCC(O)(O)C(F)(F)F)C(F)(F)F. The third-order valence-electron chi connectivity index (χ3n) is 1.70. The molecule has 0 atom stereocenters. The maximum Gasteiger partial charge on any atom is 0.449 e. The summed E-state index contributed by atoms with van der Waals surface area (Å²) >= 11 is 0. The van der Waals surface area contributed by atoms with Crippen LogP contribution in [0.2, 0.25) is 0 Å². The highest BCUT2D eigenvalue weighted by atomic mass is 19.4. The number of carbonyl (C=O) groups is 1. The molecule has 118 valence electrons. The van der Waals surface area contributed by atoms with Crippen molar-refractivity contribution in [3.8, 4) is 0 Å². The molecule has 20 heavy (non-hydrogen) atoms. The zero-order chi connectivity index (χ0) is 16.2. The molecule has 0 saturated heterocycles. The number of esters is 1. The average molecular weight is 312 g/mol. The number of rotatable bonds is 5. The number of ether oxygens (including phenoxy) is 2. The predicted molar refractivity (Wildman–Crippen MR) is 49.9 cm³/mol. The van der Waals surface area contributed by atoms with Crippen molar-refractivity contribution >= 4 is 5.97 Å². The van der Waals surface area contributed by atoms with Crippen LogP contribution in [0.1, 0.15) is 6.92 Å². The second kappa shape index (κ2) is 6.31. The van der Waals surface area contributed by atoms with E-state index in [2.05, 4.69) is 9.47 Å². The number of halogens is 6. The smallest absolute Gasteiger partial charge is 0.449 e. The summed E-state index contributed by atoms with van der Waals surface area (Å²) in [4.78, 5) is 10.8. The summed E-state index contributed by atoms with van der Waals surface area (Å²) in [7, 11) is 0. The van der Waals surface area contributed by atoms with Gasteiger partial charge in [-0.3, -0.25) is 0 Å². The highest BCUT2D eigenvalue weighted by Crippen LogP contribution is 2.32. The van der Waals surface area contributed by atoms with Gasteiger partial charge in [0.25, 0.3) is 5.79 Å². The van der Waals surface area contributed by atoms with Crippen molar-refractivity contribution in [1.29, 1.82) is 0 Å². The molecule has 0 aliphatic carbocycles. The molecule has 0 aliphatic rings. The molecule has 11 heteroatoms. The maximum atomic E-state index is 12.3. The second-order valence-electron chi connectivity index (χ2n) is 3.36. The number of aliphatic hydroxyl groups is 2. The van der Waals surface area contributed by atoms with E-state index in [9.17, 15) is 31.1 Å². The van der Waals surface area contributed by atoms with Crippen LogP contribution in [0.25, 0.3) is 0 Å². The lowest BCUT2D eigenvalue weighted by Gasteiger charge is -2.25. The largest absolute Gasteiger partial charge is 0.483 e. The Kier molecular flexibility index (Phi) is 5.84. The van der Waals surface area contributed by atoms with E-state index in [4.69, 9.17) is 10.2 Å². The maximum absolute atomic E-state index is 12.3. The van der Waals surface area contributed by atoms with E-state index >= 15 is 0 Å². The van der Waals surface area contributed by atoms with Gasteiger partial charge < -0.3 is 19.7 Å². The van der Waals surface area contributed by atoms with E-state index in [1.54, 1.807) is 0 Å². The molecule has 0 fully saturated rings. The van der Waals surface area contributed by atoms with E-state index < -0.39 is 36.5 Å². The van der Waals surface area contributed by atoms with Crippen LogP contribution in [0.5, 0.6) is 0 Å². The van der Waals surface area contributed by atoms with Crippen molar-refractivity contribution in [3.05, 3.63) is 11.8 Å². The van der Waals surface area contributed by atoms with Crippen LogP contribution in [0.15, 0.2) is 11.8 Å². The van der Waals surface area contributed by atoms with Gasteiger partial charge in [0.2, 0.25) is 5.76 Å². The monoisotopic (exact) mass is 312 g/mol. The van der Waals surface area contributed by atoms with Crippen LogP contribution in [0.3, 0.4) is 0 Å². The van der Waals surface area contributed by atoms with Crippen LogP contribution >= 0.6 is 0 Å². The van der Waals surface area contributed by atoms with Gasteiger partial charge in [-0.05, 0) is 6.92 Å². The van der Waals surface area contributed by atoms with E-state index in [0.717, 1.165) is 0 Å². The molecule has 0 rings (SSSR count). The lowest BCUT2D eigenvalue weighted by molar-refractivity contribution is -0.361. The van der Waals surface area contributed by atoms with Crippen molar-refractivity contribution in [2.45, 2.75) is 25.1 Å². The normalized spacial score (nSPS) is 14.2. The Morgan fingerprint density at radius 3 is 1.95 bits per heavy atom. The molecule has 0 aromatic rings. The van der Waals surface area contributed by atoms with E-state index in [0.29, 0.717) is 0 Å². The van der Waals surface area contributed by atoms with Crippen LogP contribution in [-0.2, 0) is 14.3 Å². The summed E-state index contributed by atoms with van der Waals surface area (Å²) in [6.07, 6.45) is -11.2. The van der Waals surface area contributed by atoms with Crippen LogP contribution in [0, 0.1) is 0 Å². The molecule has 0 saturated carbocycles. The van der Waals surface area contributed by atoms with Gasteiger partial charge in [0.05, 0.1) is 12.7 Å². The van der Waals surface area contributed by atoms with Crippen molar-refractivity contribution in [2.75, 3.05) is 13.2 Å². The minimum Gasteiger partial charge on any atom is -0.483 e. The molecule has 0 unspecified atom stereocenters. The summed E-state index contributed by atoms with van der Waals surface area (Å²) in [5.74, 6) is -8.15. The molecular formula is C9H10F6O5. The van der Waals surface area contributed by atoms with Gasteiger partial charge >= 0.3 is 18.3 Å². The molecule has 0 aliphatic heterocycles. The van der Waals surface area contributed by atoms with Crippen LogP contribution < -0.4 is 0 Å². The van der Waals surface area contributed by atoms with E-state index in [1.807, 2.05) is 0 Å². The van der Waals surface area contributed by atoms with Crippen molar-refractivity contribution in [1.82, 2.24) is 0 Å². The first-order valence-electron chi connectivity index (χ1n) is 4.91. The molecule has 0 heterocycles. The van der Waals surface area contributed by atoms with Gasteiger partial charge in [0.15, 0.2) is 6.61 Å². The number of allylic oxidation sites excluding steroid dienone is 1. The Bertz CT molecular complexity index is 370. The van der Waals surface area contributed by atoms with Crippen molar-refractivity contribution in [2.24, 2.45) is 0 Å². The van der Waals surface area contributed by atoms with Crippen molar-refractivity contribution < 1.29 is 50.8 Å². The highest BCUT2D eigenvalue weighted by Gasteiger charge is 2.54. The van der Waals surface area contributed by atoms with E-state index in [1.165, 1.54) is 6.92 Å². The summed E-state index contributed by atoms with van der Waals surface area (Å²) in [5, 5.41) is 17.0. The number of hydrogen-bond donors (Lipinski definition) is 2. The predicted octanol–water partition coefficient (Wildman–Crippen LogP) is 1.26. The number of hydrogen-bond acceptors (Lipinski definition) is 5. The summed E-state index contributed by atoms with van der Waals surface area (Å²) < 4.78 is 80.8. The molecule has 0 aromatic heterocycles. The zero-order valence-electron chi connectivity index (χ0n) is 9.88. The third-order valence-corrected chi connectivity index (χ3v) is 1.70. The Hall–Kier alpha value is -1.49. The van der Waals surface area contributed by atoms with Crippen LogP contribution in [0.4, 0.5) is 26.3 Å². The minimum atomic E-state index is -5.63. The fourth-order valence-electron chi connectivity index (χ4n) is 0.757. The number of alkyl halides is 6. The summed E-state index contributed by atoms with van der Waals surface area (Å²) in [6, 6.07) is 0.